The standard InChI is InChI=1S/C12H18N2O2/c1-2-14-7-3-5-10(9-14)13-12(15)11-6-4-8-16-11/h4,6,8,10H,2-3,5,7,9H2,1H3,(H,13,15). The van der Waals surface area contributed by atoms with E-state index in [0.29, 0.717) is 5.76 Å². The molecular formula is C12H18N2O2. The average Bonchev–Trinajstić information content (AvgIpc) is 2.83. The largest absolute Gasteiger partial charge is 0.459 e. The third-order valence-corrected chi connectivity index (χ3v) is 3.03. The lowest BCUT2D eigenvalue weighted by Gasteiger charge is -2.31. The zero-order valence-electron chi connectivity index (χ0n) is 9.61. The van der Waals surface area contributed by atoms with E-state index in [1.54, 1.807) is 12.1 Å². The molecule has 1 atom stereocenters. The normalized spacial score (nSPS) is 21.9. The third-order valence-electron chi connectivity index (χ3n) is 3.03. The highest BCUT2D eigenvalue weighted by Crippen LogP contribution is 2.10. The first-order valence-corrected chi connectivity index (χ1v) is 5.86. The Hall–Kier alpha value is -1.29. The highest BCUT2D eigenvalue weighted by atomic mass is 16.3. The third kappa shape index (κ3) is 2.64. The number of hydrogen-bond donors (Lipinski definition) is 1. The summed E-state index contributed by atoms with van der Waals surface area (Å²) in [6.07, 6.45) is 3.73. The molecule has 0 spiro atoms. The van der Waals surface area contributed by atoms with Crippen molar-refractivity contribution in [1.29, 1.82) is 0 Å². The summed E-state index contributed by atoms with van der Waals surface area (Å²) in [6.45, 7) is 5.29. The molecule has 16 heavy (non-hydrogen) atoms. The van der Waals surface area contributed by atoms with Crippen LogP contribution in [0.25, 0.3) is 0 Å². The van der Waals surface area contributed by atoms with E-state index in [4.69, 9.17) is 4.42 Å². The Morgan fingerprint density at radius 2 is 2.56 bits per heavy atom. The van der Waals surface area contributed by atoms with Crippen molar-refractivity contribution in [3.8, 4) is 0 Å². The van der Waals surface area contributed by atoms with Crippen LogP contribution in [0.4, 0.5) is 0 Å². The van der Waals surface area contributed by atoms with Gasteiger partial charge in [0.05, 0.1) is 6.26 Å². The predicted octanol–water partition coefficient (Wildman–Crippen LogP) is 1.49. The Labute approximate surface area is 95.6 Å². The van der Waals surface area contributed by atoms with Gasteiger partial charge in [-0.05, 0) is 38.1 Å². The molecule has 2 heterocycles. The van der Waals surface area contributed by atoms with E-state index >= 15 is 0 Å². The second-order valence-electron chi connectivity index (χ2n) is 4.18. The minimum atomic E-state index is -0.104. The maximum atomic E-state index is 11.7. The quantitative estimate of drug-likeness (QED) is 0.842. The summed E-state index contributed by atoms with van der Waals surface area (Å²) in [5, 5.41) is 3.01. The lowest BCUT2D eigenvalue weighted by Crippen LogP contribution is -2.47. The number of nitrogens with one attached hydrogen (secondary N) is 1. The number of carbonyl (C=O) groups excluding carboxylic acids is 1. The molecule has 1 unspecified atom stereocenters. The van der Waals surface area contributed by atoms with Crippen LogP contribution < -0.4 is 5.32 Å². The van der Waals surface area contributed by atoms with Crippen LogP contribution in [0.2, 0.25) is 0 Å². The number of nitrogens with zero attached hydrogens (tertiary/aromatic N) is 1. The molecule has 1 saturated heterocycles. The van der Waals surface area contributed by atoms with Crippen molar-refractivity contribution < 1.29 is 9.21 Å². The molecule has 0 aliphatic carbocycles. The molecule has 4 nitrogen and oxygen atoms in total. The number of rotatable bonds is 3. The van der Waals surface area contributed by atoms with Gasteiger partial charge in [-0.3, -0.25) is 4.79 Å². The first-order chi connectivity index (χ1) is 7.79. The van der Waals surface area contributed by atoms with Crippen molar-refractivity contribution in [3.63, 3.8) is 0 Å². The van der Waals surface area contributed by atoms with Gasteiger partial charge in [0.1, 0.15) is 0 Å². The van der Waals surface area contributed by atoms with Crippen LogP contribution in [0.5, 0.6) is 0 Å². The van der Waals surface area contributed by atoms with Gasteiger partial charge in [-0.15, -0.1) is 0 Å². The van der Waals surface area contributed by atoms with Gasteiger partial charge in [-0.1, -0.05) is 6.92 Å². The lowest BCUT2D eigenvalue weighted by molar-refractivity contribution is 0.0878. The Balaban J connectivity index is 1.87. The summed E-state index contributed by atoms with van der Waals surface area (Å²) in [7, 11) is 0. The van der Waals surface area contributed by atoms with E-state index in [1.165, 1.54) is 6.26 Å². The fourth-order valence-electron chi connectivity index (χ4n) is 2.12. The first-order valence-electron chi connectivity index (χ1n) is 5.86. The Morgan fingerprint density at radius 1 is 1.69 bits per heavy atom. The van der Waals surface area contributed by atoms with Crippen LogP contribution >= 0.6 is 0 Å². The van der Waals surface area contributed by atoms with E-state index in [1.807, 2.05) is 0 Å². The number of furan rings is 1. The average molecular weight is 222 g/mol. The van der Waals surface area contributed by atoms with Crippen molar-refractivity contribution in [2.45, 2.75) is 25.8 Å². The number of hydrogen-bond acceptors (Lipinski definition) is 3. The highest BCUT2D eigenvalue weighted by Gasteiger charge is 2.21. The van der Waals surface area contributed by atoms with Crippen LogP contribution in [-0.2, 0) is 0 Å². The van der Waals surface area contributed by atoms with Gasteiger partial charge in [0.25, 0.3) is 5.91 Å². The van der Waals surface area contributed by atoms with Crippen molar-refractivity contribution in [3.05, 3.63) is 24.2 Å². The van der Waals surface area contributed by atoms with Gasteiger partial charge >= 0.3 is 0 Å². The molecule has 1 aliphatic rings. The van der Waals surface area contributed by atoms with Crippen LogP contribution in [0, 0.1) is 0 Å². The first kappa shape index (κ1) is 11.2. The zero-order valence-corrected chi connectivity index (χ0v) is 9.61. The van der Waals surface area contributed by atoms with E-state index in [-0.39, 0.29) is 11.9 Å². The lowest BCUT2D eigenvalue weighted by atomic mass is 10.1. The fraction of sp³-hybridized carbons (Fsp3) is 0.583. The smallest absolute Gasteiger partial charge is 0.287 e. The van der Waals surface area contributed by atoms with Gasteiger partial charge in [-0.25, -0.2) is 0 Å². The predicted molar refractivity (Wildman–Crippen MR) is 61.3 cm³/mol. The molecule has 0 saturated carbocycles. The molecule has 1 aromatic rings. The van der Waals surface area contributed by atoms with E-state index in [0.717, 1.165) is 32.5 Å². The SMILES string of the molecule is CCN1CCCC(NC(=O)c2ccco2)C1. The highest BCUT2D eigenvalue weighted by molar-refractivity contribution is 5.91. The minimum Gasteiger partial charge on any atom is -0.459 e. The van der Waals surface area contributed by atoms with Gasteiger partial charge < -0.3 is 14.6 Å². The van der Waals surface area contributed by atoms with E-state index in [9.17, 15) is 4.79 Å². The second-order valence-corrected chi connectivity index (χ2v) is 4.18. The van der Waals surface area contributed by atoms with Gasteiger partial charge in [0.15, 0.2) is 5.76 Å². The molecule has 0 bridgehead atoms. The Kier molecular flexibility index (Phi) is 3.62. The maximum Gasteiger partial charge on any atom is 0.287 e. The Morgan fingerprint density at radius 3 is 3.25 bits per heavy atom. The molecule has 1 aromatic heterocycles. The zero-order chi connectivity index (χ0) is 11.4. The number of likely N-dealkylation sites (tertiary alicyclic amines) is 1. The number of likely N-dealkylation sites (N-methyl/N-ethyl adjacent to an activating group) is 1. The summed E-state index contributed by atoms with van der Waals surface area (Å²) in [6, 6.07) is 3.68. The molecule has 1 fully saturated rings. The van der Waals surface area contributed by atoms with Crippen LogP contribution in [0.15, 0.2) is 22.8 Å². The molecule has 1 aliphatic heterocycles. The van der Waals surface area contributed by atoms with E-state index < -0.39 is 0 Å². The summed E-state index contributed by atoms with van der Waals surface area (Å²) < 4.78 is 5.06. The van der Waals surface area contributed by atoms with Crippen molar-refractivity contribution in [2.24, 2.45) is 0 Å². The molecule has 88 valence electrons. The summed E-state index contributed by atoms with van der Waals surface area (Å²) in [4.78, 5) is 14.1. The van der Waals surface area contributed by atoms with E-state index in [2.05, 4.69) is 17.1 Å². The summed E-state index contributed by atoms with van der Waals surface area (Å²) in [5.74, 6) is 0.293. The summed E-state index contributed by atoms with van der Waals surface area (Å²) in [5.41, 5.74) is 0. The molecule has 1 N–H and O–H groups in total. The van der Waals surface area contributed by atoms with Crippen molar-refractivity contribution in [1.82, 2.24) is 10.2 Å². The summed E-state index contributed by atoms with van der Waals surface area (Å²) >= 11 is 0. The molecule has 1 amide bonds. The topological polar surface area (TPSA) is 45.5 Å². The van der Waals surface area contributed by atoms with Crippen LogP contribution in [0.1, 0.15) is 30.3 Å². The molecule has 0 radical (unpaired) electrons. The van der Waals surface area contributed by atoms with Gasteiger partial charge in [0.2, 0.25) is 0 Å². The Bertz CT molecular complexity index is 335. The second kappa shape index (κ2) is 5.16. The molecule has 0 aromatic carbocycles. The fourth-order valence-corrected chi connectivity index (χ4v) is 2.12. The molecule has 2 rings (SSSR count). The number of amides is 1. The monoisotopic (exact) mass is 222 g/mol. The number of carbonyl (C=O) groups is 1. The minimum absolute atomic E-state index is 0.104. The van der Waals surface area contributed by atoms with Crippen LogP contribution in [-0.4, -0.2) is 36.5 Å². The van der Waals surface area contributed by atoms with Crippen molar-refractivity contribution in [2.75, 3.05) is 19.6 Å². The molecular weight excluding hydrogens is 204 g/mol. The maximum absolute atomic E-state index is 11.7. The van der Waals surface area contributed by atoms with Gasteiger partial charge in [-0.2, -0.15) is 0 Å². The molecule has 4 heteroatoms. The van der Waals surface area contributed by atoms with Crippen LogP contribution in [0.3, 0.4) is 0 Å². The number of piperidine rings is 1. The van der Waals surface area contributed by atoms with Crippen molar-refractivity contribution >= 4 is 5.91 Å². The van der Waals surface area contributed by atoms with Gasteiger partial charge in [0, 0.05) is 12.6 Å².